The van der Waals surface area contributed by atoms with Crippen LogP contribution in [0.3, 0.4) is 0 Å². The Labute approximate surface area is 213 Å². The maximum absolute atomic E-state index is 13.6. The number of ether oxygens (including phenoxy) is 2. The molecule has 4 rings (SSSR count). The Morgan fingerprint density at radius 1 is 1.22 bits per heavy atom. The van der Waals surface area contributed by atoms with Crippen LogP contribution in [0.25, 0.3) is 6.08 Å². The van der Waals surface area contributed by atoms with Crippen molar-refractivity contribution in [2.45, 2.75) is 103 Å². The molecule has 1 aromatic rings. The van der Waals surface area contributed by atoms with E-state index in [1.807, 2.05) is 45.0 Å². The van der Waals surface area contributed by atoms with E-state index in [1.54, 1.807) is 13.1 Å². The van der Waals surface area contributed by atoms with E-state index in [0.29, 0.717) is 19.3 Å². The van der Waals surface area contributed by atoms with Crippen LogP contribution in [0.2, 0.25) is 0 Å². The first-order valence-corrected chi connectivity index (χ1v) is 13.1. The lowest BCUT2D eigenvalue weighted by atomic mass is 9.58. The number of aromatic nitrogens is 1. The first-order chi connectivity index (χ1) is 17.1. The van der Waals surface area contributed by atoms with E-state index >= 15 is 0 Å². The molecule has 0 bridgehead atoms. The number of epoxide rings is 1. The quantitative estimate of drug-likeness (QED) is 0.358. The molecule has 196 valence electrons. The summed E-state index contributed by atoms with van der Waals surface area (Å²) in [6.45, 7) is 7.51. The van der Waals surface area contributed by atoms with Crippen LogP contribution in [0.4, 0.5) is 0 Å². The van der Waals surface area contributed by atoms with Crippen molar-refractivity contribution in [3.8, 4) is 0 Å². The second-order valence-electron chi connectivity index (χ2n) is 11.1. The highest BCUT2D eigenvalue weighted by Gasteiger charge is 2.61. The van der Waals surface area contributed by atoms with E-state index in [-0.39, 0.29) is 18.3 Å². The van der Waals surface area contributed by atoms with Crippen LogP contribution >= 0.6 is 0 Å². The van der Waals surface area contributed by atoms with E-state index in [1.165, 1.54) is 0 Å². The van der Waals surface area contributed by atoms with Crippen molar-refractivity contribution in [3.63, 3.8) is 0 Å². The zero-order chi connectivity index (χ0) is 26.1. The van der Waals surface area contributed by atoms with Gasteiger partial charge >= 0.3 is 5.97 Å². The number of rotatable bonds is 2. The third-order valence-corrected chi connectivity index (χ3v) is 8.51. The van der Waals surface area contributed by atoms with Crippen molar-refractivity contribution >= 4 is 17.8 Å². The minimum absolute atomic E-state index is 0.124. The molecule has 2 aliphatic heterocycles. The summed E-state index contributed by atoms with van der Waals surface area (Å²) in [6.07, 6.45) is 6.49. The van der Waals surface area contributed by atoms with Crippen LogP contribution in [-0.2, 0) is 19.1 Å². The Hall–Kier alpha value is -2.35. The third-order valence-electron chi connectivity index (χ3n) is 8.51. The van der Waals surface area contributed by atoms with Crippen molar-refractivity contribution in [2.75, 3.05) is 0 Å². The van der Waals surface area contributed by atoms with Crippen molar-refractivity contribution in [2.24, 2.45) is 11.3 Å². The second-order valence-corrected chi connectivity index (χ2v) is 11.1. The highest BCUT2D eigenvalue weighted by molar-refractivity contribution is 5.89. The molecule has 1 saturated carbocycles. The summed E-state index contributed by atoms with van der Waals surface area (Å²) < 4.78 is 11.8. The molecule has 0 radical (unpaired) electrons. The summed E-state index contributed by atoms with van der Waals surface area (Å²) in [6, 6.07) is 5.64. The number of allylic oxidation sites excluding steroid dienone is 1. The largest absolute Gasteiger partial charge is 0.457 e. The van der Waals surface area contributed by atoms with Gasteiger partial charge in [0.1, 0.15) is 17.5 Å². The monoisotopic (exact) mass is 497 g/mol. The molecule has 3 heterocycles. The second kappa shape index (κ2) is 10.6. The lowest BCUT2D eigenvalue weighted by Crippen LogP contribution is -2.54. The minimum atomic E-state index is -1.16. The van der Waals surface area contributed by atoms with Gasteiger partial charge in [0.25, 0.3) is 0 Å². The minimum Gasteiger partial charge on any atom is -0.457 e. The van der Waals surface area contributed by atoms with Crippen LogP contribution in [0.5, 0.6) is 0 Å². The van der Waals surface area contributed by atoms with E-state index in [0.717, 1.165) is 36.1 Å². The number of fused-ring (bicyclic) bond motifs is 1. The van der Waals surface area contributed by atoms with Gasteiger partial charge in [0.05, 0.1) is 35.8 Å². The number of carbonyl (C=O) groups is 2. The number of carbonyl (C=O) groups excluding carboxylic acids is 2. The van der Waals surface area contributed by atoms with Gasteiger partial charge in [-0.1, -0.05) is 31.1 Å². The fourth-order valence-electron chi connectivity index (χ4n) is 5.72. The van der Waals surface area contributed by atoms with Gasteiger partial charge in [-0.15, -0.1) is 0 Å². The van der Waals surface area contributed by atoms with Crippen molar-refractivity contribution in [3.05, 3.63) is 47.3 Å². The van der Waals surface area contributed by atoms with Gasteiger partial charge in [-0.05, 0) is 70.2 Å². The SMILES string of the molecule is CC(=Cc1ccccn1)[C@@H]1C/C=C(/C)CCC2OC2(C)[C@H](O)[C@@H](C)C(=O)C2(CCC2)[C@@H](O)CC(=O)O1. The average molecular weight is 498 g/mol. The molecule has 1 spiro atoms. The number of cyclic esters (lactones) is 1. The highest BCUT2D eigenvalue weighted by Crippen LogP contribution is 2.51. The number of aliphatic hydroxyl groups is 2. The lowest BCUT2D eigenvalue weighted by molar-refractivity contribution is -0.161. The zero-order valence-corrected chi connectivity index (χ0v) is 21.8. The molecule has 2 unspecified atom stereocenters. The van der Waals surface area contributed by atoms with Gasteiger partial charge in [0.15, 0.2) is 0 Å². The molecule has 7 heteroatoms. The topological polar surface area (TPSA) is 109 Å². The van der Waals surface area contributed by atoms with Gasteiger partial charge in [-0.25, -0.2) is 0 Å². The molecule has 7 nitrogen and oxygen atoms in total. The number of nitrogens with zero attached hydrogens (tertiary/aromatic N) is 1. The van der Waals surface area contributed by atoms with Gasteiger partial charge in [-0.2, -0.15) is 0 Å². The Bertz CT molecular complexity index is 1030. The Morgan fingerprint density at radius 3 is 2.61 bits per heavy atom. The van der Waals surface area contributed by atoms with Gasteiger partial charge in [0.2, 0.25) is 0 Å². The smallest absolute Gasteiger partial charge is 0.309 e. The van der Waals surface area contributed by atoms with Crippen molar-refractivity contribution < 1.29 is 29.3 Å². The fraction of sp³-hybridized carbons (Fsp3) is 0.621. The molecule has 1 aliphatic carbocycles. The summed E-state index contributed by atoms with van der Waals surface area (Å²) >= 11 is 0. The Kier molecular flexibility index (Phi) is 7.83. The van der Waals surface area contributed by atoms with E-state index < -0.39 is 41.2 Å². The van der Waals surface area contributed by atoms with Crippen molar-refractivity contribution in [1.29, 1.82) is 0 Å². The number of pyridine rings is 1. The van der Waals surface area contributed by atoms with E-state index in [9.17, 15) is 19.8 Å². The predicted molar refractivity (Wildman–Crippen MR) is 136 cm³/mol. The molecule has 1 aromatic heterocycles. The summed E-state index contributed by atoms with van der Waals surface area (Å²) in [5.74, 6) is -1.43. The van der Waals surface area contributed by atoms with Crippen LogP contribution < -0.4 is 0 Å². The number of aliphatic hydroxyl groups excluding tert-OH is 2. The standard InChI is InChI=1S/C29H39NO6/c1-18-9-11-22(19(2)16-21-8-5-6-15-30-21)35-25(32)17-23(31)29(13-7-14-29)27(34)20(3)26(33)28(4)24(36-28)12-10-18/h5-6,8-9,15-16,20,22-24,26,31,33H,7,10-14,17H2,1-4H3/b18-9-,19-16?/t20-,22+,23+,24?,26-,28?/m1/s1. The molecule has 36 heavy (non-hydrogen) atoms. The summed E-state index contributed by atoms with van der Waals surface area (Å²) in [4.78, 5) is 30.9. The molecule has 0 amide bonds. The fourth-order valence-corrected chi connectivity index (χ4v) is 5.72. The summed E-state index contributed by atoms with van der Waals surface area (Å²) in [5, 5.41) is 22.2. The number of ketones is 1. The van der Waals surface area contributed by atoms with E-state index in [4.69, 9.17) is 9.47 Å². The molecule has 1 saturated heterocycles. The summed E-state index contributed by atoms with van der Waals surface area (Å²) in [5.41, 5.74) is 0.966. The average Bonchev–Trinajstić information content (AvgIpc) is 3.49. The number of hydrogen-bond donors (Lipinski definition) is 2. The molecular formula is C29H39NO6. The first kappa shape index (κ1) is 26.7. The van der Waals surface area contributed by atoms with Crippen LogP contribution in [-0.4, -0.2) is 57.0 Å². The van der Waals surface area contributed by atoms with Crippen molar-refractivity contribution in [1.82, 2.24) is 4.98 Å². The van der Waals surface area contributed by atoms with E-state index in [2.05, 4.69) is 11.1 Å². The lowest BCUT2D eigenvalue weighted by Gasteiger charge is -2.46. The molecular weight excluding hydrogens is 458 g/mol. The normalized spacial score (nSPS) is 37.3. The number of hydrogen-bond acceptors (Lipinski definition) is 7. The number of esters is 1. The van der Waals surface area contributed by atoms with Crippen LogP contribution in [0.15, 0.2) is 41.6 Å². The maximum Gasteiger partial charge on any atom is 0.309 e. The van der Waals surface area contributed by atoms with Gasteiger partial charge < -0.3 is 19.7 Å². The van der Waals surface area contributed by atoms with Gasteiger partial charge in [0, 0.05) is 18.5 Å². The maximum atomic E-state index is 13.6. The van der Waals surface area contributed by atoms with Crippen LogP contribution in [0, 0.1) is 11.3 Å². The third kappa shape index (κ3) is 5.34. The number of Topliss-reactive ketones (excluding diaryl/α,β-unsaturated/α-hetero) is 1. The summed E-state index contributed by atoms with van der Waals surface area (Å²) in [7, 11) is 0. The highest BCUT2D eigenvalue weighted by atomic mass is 16.6. The Balaban J connectivity index is 1.61. The predicted octanol–water partition coefficient (Wildman–Crippen LogP) is 4.17. The van der Waals surface area contributed by atoms with Gasteiger partial charge in [-0.3, -0.25) is 14.6 Å². The molecule has 3 aliphatic rings. The zero-order valence-electron chi connectivity index (χ0n) is 21.8. The molecule has 2 N–H and O–H groups in total. The molecule has 2 fully saturated rings. The molecule has 0 aromatic carbocycles. The van der Waals surface area contributed by atoms with Crippen LogP contribution in [0.1, 0.15) is 78.3 Å². The Morgan fingerprint density at radius 2 is 1.97 bits per heavy atom. The molecule has 6 atom stereocenters. The first-order valence-electron chi connectivity index (χ1n) is 13.1.